The highest BCUT2D eigenvalue weighted by molar-refractivity contribution is 5.70. The number of carbonyl (C=O) groups is 1. The molecule has 1 aromatic rings. The van der Waals surface area contributed by atoms with E-state index in [1.807, 2.05) is 19.1 Å². The Bertz CT molecular complexity index is 418. The summed E-state index contributed by atoms with van der Waals surface area (Å²) in [6, 6.07) is 2.99. The zero-order valence-corrected chi connectivity index (χ0v) is 10.3. The van der Waals surface area contributed by atoms with E-state index < -0.39 is 6.03 Å². The SMILES string of the molecule is CCOCc1ccc([C@@H]2C[C@H]2CN(O)C(N)=O)o1. The molecule has 100 valence electrons. The molecular weight excluding hydrogens is 236 g/mol. The van der Waals surface area contributed by atoms with Gasteiger partial charge in [-0.05, 0) is 31.4 Å². The standard InChI is InChI=1S/C12H18N2O4/c1-2-17-7-9-3-4-11(18-9)10-5-8(10)6-14(16)12(13)15/h3-4,8,10,16H,2,5-7H2,1H3,(H2,13,15)/t8-,10+/m0/s1. The number of hydrogen-bond donors (Lipinski definition) is 2. The molecule has 0 spiro atoms. The summed E-state index contributed by atoms with van der Waals surface area (Å²) in [6.07, 6.45) is 0.895. The third kappa shape index (κ3) is 3.02. The fraction of sp³-hybridized carbons (Fsp3) is 0.583. The minimum atomic E-state index is -0.822. The van der Waals surface area contributed by atoms with E-state index in [1.54, 1.807) is 0 Å². The summed E-state index contributed by atoms with van der Waals surface area (Å²) in [4.78, 5) is 10.7. The second-order valence-electron chi connectivity index (χ2n) is 4.46. The largest absolute Gasteiger partial charge is 0.463 e. The van der Waals surface area contributed by atoms with Gasteiger partial charge in [-0.3, -0.25) is 5.21 Å². The van der Waals surface area contributed by atoms with Gasteiger partial charge in [0.05, 0.1) is 6.54 Å². The van der Waals surface area contributed by atoms with E-state index >= 15 is 0 Å². The van der Waals surface area contributed by atoms with E-state index in [9.17, 15) is 10.0 Å². The van der Waals surface area contributed by atoms with Crippen LogP contribution in [0.4, 0.5) is 4.79 Å². The summed E-state index contributed by atoms with van der Waals surface area (Å²) in [6.45, 7) is 3.31. The number of ether oxygens (including phenoxy) is 1. The van der Waals surface area contributed by atoms with Gasteiger partial charge in [-0.15, -0.1) is 0 Å². The second-order valence-corrected chi connectivity index (χ2v) is 4.46. The highest BCUT2D eigenvalue weighted by Crippen LogP contribution is 2.48. The fourth-order valence-electron chi connectivity index (χ4n) is 1.98. The van der Waals surface area contributed by atoms with Crippen LogP contribution in [0.25, 0.3) is 0 Å². The molecule has 1 saturated carbocycles. The Morgan fingerprint density at radius 3 is 3.11 bits per heavy atom. The van der Waals surface area contributed by atoms with Crippen molar-refractivity contribution in [2.45, 2.75) is 25.9 Å². The number of primary amides is 1. The molecule has 18 heavy (non-hydrogen) atoms. The molecule has 0 aromatic carbocycles. The van der Waals surface area contributed by atoms with Crippen molar-refractivity contribution < 1.29 is 19.2 Å². The number of urea groups is 1. The molecule has 2 rings (SSSR count). The van der Waals surface area contributed by atoms with Gasteiger partial charge in [-0.25, -0.2) is 9.86 Å². The molecule has 2 amide bonds. The molecule has 3 N–H and O–H groups in total. The molecule has 1 aliphatic rings. The molecule has 0 saturated heterocycles. The van der Waals surface area contributed by atoms with E-state index in [0.29, 0.717) is 18.3 Å². The van der Waals surface area contributed by atoms with E-state index in [-0.39, 0.29) is 18.4 Å². The van der Waals surface area contributed by atoms with Gasteiger partial charge < -0.3 is 14.9 Å². The Kier molecular flexibility index (Phi) is 3.88. The maximum atomic E-state index is 10.7. The lowest BCUT2D eigenvalue weighted by atomic mass is 10.2. The molecule has 0 aliphatic heterocycles. The summed E-state index contributed by atoms with van der Waals surface area (Å²) in [5, 5.41) is 9.78. The van der Waals surface area contributed by atoms with E-state index in [2.05, 4.69) is 0 Å². The lowest BCUT2D eigenvalue weighted by Gasteiger charge is -2.10. The molecule has 0 bridgehead atoms. The van der Waals surface area contributed by atoms with Crippen molar-refractivity contribution in [3.05, 3.63) is 23.7 Å². The molecule has 0 unspecified atom stereocenters. The van der Waals surface area contributed by atoms with Crippen LogP contribution in [-0.4, -0.2) is 29.5 Å². The van der Waals surface area contributed by atoms with Crippen LogP contribution in [0.3, 0.4) is 0 Å². The van der Waals surface area contributed by atoms with Gasteiger partial charge in [0.1, 0.15) is 18.1 Å². The van der Waals surface area contributed by atoms with Crippen molar-refractivity contribution in [1.29, 1.82) is 0 Å². The number of hydroxylamine groups is 2. The average molecular weight is 254 g/mol. The lowest BCUT2D eigenvalue weighted by molar-refractivity contribution is -0.0433. The van der Waals surface area contributed by atoms with Gasteiger partial charge >= 0.3 is 6.03 Å². The van der Waals surface area contributed by atoms with Crippen LogP contribution in [-0.2, 0) is 11.3 Å². The van der Waals surface area contributed by atoms with Crippen LogP contribution in [0.5, 0.6) is 0 Å². The van der Waals surface area contributed by atoms with Crippen LogP contribution in [0.15, 0.2) is 16.5 Å². The summed E-state index contributed by atoms with van der Waals surface area (Å²) < 4.78 is 10.9. The highest BCUT2D eigenvalue weighted by Gasteiger charge is 2.42. The molecule has 1 aromatic heterocycles. The number of nitrogens with zero attached hydrogens (tertiary/aromatic N) is 1. The van der Waals surface area contributed by atoms with Crippen molar-refractivity contribution in [3.63, 3.8) is 0 Å². The quantitative estimate of drug-likeness (QED) is 0.597. The van der Waals surface area contributed by atoms with Crippen molar-refractivity contribution in [3.8, 4) is 0 Å². The van der Waals surface area contributed by atoms with Crippen molar-refractivity contribution in [1.82, 2.24) is 5.06 Å². The molecular formula is C12H18N2O4. The summed E-state index contributed by atoms with van der Waals surface area (Å²) in [7, 11) is 0. The zero-order valence-electron chi connectivity index (χ0n) is 10.3. The van der Waals surface area contributed by atoms with E-state index in [0.717, 1.165) is 17.9 Å². The van der Waals surface area contributed by atoms with Crippen LogP contribution in [0.2, 0.25) is 0 Å². The molecule has 1 heterocycles. The van der Waals surface area contributed by atoms with Crippen molar-refractivity contribution in [2.75, 3.05) is 13.2 Å². The Labute approximate surface area is 105 Å². The Hall–Kier alpha value is -1.53. The van der Waals surface area contributed by atoms with Crippen LogP contribution in [0, 0.1) is 5.92 Å². The molecule has 2 atom stereocenters. The first-order valence-corrected chi connectivity index (χ1v) is 6.04. The molecule has 6 heteroatoms. The number of hydrogen-bond acceptors (Lipinski definition) is 4. The van der Waals surface area contributed by atoms with Gasteiger partial charge in [-0.1, -0.05) is 0 Å². The third-order valence-corrected chi connectivity index (χ3v) is 3.08. The summed E-state index contributed by atoms with van der Waals surface area (Å²) in [5.41, 5.74) is 4.95. The Balaban J connectivity index is 1.83. The predicted molar refractivity (Wildman–Crippen MR) is 63.0 cm³/mol. The minimum absolute atomic E-state index is 0.216. The minimum Gasteiger partial charge on any atom is -0.463 e. The average Bonchev–Trinajstić information content (AvgIpc) is 2.94. The summed E-state index contributed by atoms with van der Waals surface area (Å²) in [5.74, 6) is 2.16. The zero-order chi connectivity index (χ0) is 13.1. The number of amides is 2. The maximum absolute atomic E-state index is 10.7. The van der Waals surface area contributed by atoms with Gasteiger partial charge in [0.2, 0.25) is 0 Å². The van der Waals surface area contributed by atoms with Crippen molar-refractivity contribution >= 4 is 6.03 Å². The second kappa shape index (κ2) is 5.41. The smallest absolute Gasteiger partial charge is 0.338 e. The molecule has 6 nitrogen and oxygen atoms in total. The first-order chi connectivity index (χ1) is 8.61. The van der Waals surface area contributed by atoms with Crippen molar-refractivity contribution in [2.24, 2.45) is 11.7 Å². The van der Waals surface area contributed by atoms with Crippen LogP contribution in [0.1, 0.15) is 30.8 Å². The normalized spacial score (nSPS) is 21.9. The molecule has 0 radical (unpaired) electrons. The van der Waals surface area contributed by atoms with Crippen LogP contribution < -0.4 is 5.73 Å². The molecule has 1 fully saturated rings. The first kappa shape index (κ1) is 12.9. The first-order valence-electron chi connectivity index (χ1n) is 6.04. The number of rotatable bonds is 6. The van der Waals surface area contributed by atoms with E-state index in [4.69, 9.17) is 14.9 Å². The van der Waals surface area contributed by atoms with Gasteiger partial charge in [0.25, 0.3) is 0 Å². The van der Waals surface area contributed by atoms with Gasteiger partial charge in [-0.2, -0.15) is 0 Å². The van der Waals surface area contributed by atoms with Gasteiger partial charge in [0, 0.05) is 12.5 Å². The summed E-state index contributed by atoms with van der Waals surface area (Å²) >= 11 is 0. The van der Waals surface area contributed by atoms with Gasteiger partial charge in [0.15, 0.2) is 0 Å². The Morgan fingerprint density at radius 1 is 1.67 bits per heavy atom. The number of carbonyl (C=O) groups excluding carboxylic acids is 1. The topological polar surface area (TPSA) is 88.9 Å². The maximum Gasteiger partial charge on any atom is 0.338 e. The Morgan fingerprint density at radius 2 is 2.44 bits per heavy atom. The number of furan rings is 1. The molecule has 1 aliphatic carbocycles. The third-order valence-electron chi connectivity index (χ3n) is 3.08. The monoisotopic (exact) mass is 254 g/mol. The predicted octanol–water partition coefficient (Wildman–Crippen LogP) is 1.69. The fourth-order valence-corrected chi connectivity index (χ4v) is 1.98. The highest BCUT2D eigenvalue weighted by atomic mass is 16.5. The number of nitrogens with two attached hydrogens (primary N) is 1. The van der Waals surface area contributed by atoms with E-state index in [1.165, 1.54) is 0 Å². The lowest BCUT2D eigenvalue weighted by Crippen LogP contribution is -2.34. The van der Waals surface area contributed by atoms with Crippen LogP contribution >= 0.6 is 0 Å².